The first-order valence-corrected chi connectivity index (χ1v) is 30.4. The Kier molecular flexibility index (Phi) is 25.1. The fourth-order valence-corrected chi connectivity index (χ4v) is 24.7. The maximum atomic E-state index is 2.16. The third kappa shape index (κ3) is 17.2. The summed E-state index contributed by atoms with van der Waals surface area (Å²) in [6.07, 6.45) is 0. The Labute approximate surface area is 324 Å². The third-order valence-electron chi connectivity index (χ3n) is 5.32. The van der Waals surface area contributed by atoms with Crippen molar-refractivity contribution < 1.29 is 0 Å². The van der Waals surface area contributed by atoms with Crippen LogP contribution < -0.4 is 0 Å². The minimum absolute atomic E-state index is 1.24. The van der Waals surface area contributed by atoms with Gasteiger partial charge < -0.3 is 0 Å². The number of thioether (sulfide) groups is 16. The van der Waals surface area contributed by atoms with Crippen LogP contribution in [0.3, 0.4) is 0 Å². The van der Waals surface area contributed by atoms with Gasteiger partial charge in [0, 0.05) is 115 Å². The number of fused-ring (bicyclic) bond motifs is 4. The fraction of sp³-hybridized carbons (Fsp3) is 0.769. The third-order valence-corrected chi connectivity index (χ3v) is 27.4. The van der Waals surface area contributed by atoms with Gasteiger partial charge in [-0.05, 0) is 0 Å². The summed E-state index contributed by atoms with van der Waals surface area (Å²) in [7, 11) is 0. The van der Waals surface area contributed by atoms with Crippen molar-refractivity contribution >= 4 is 188 Å². The van der Waals surface area contributed by atoms with E-state index >= 15 is 0 Å². The van der Waals surface area contributed by atoms with Gasteiger partial charge in [-0.1, -0.05) is 47.0 Å². The van der Waals surface area contributed by atoms with E-state index in [0.29, 0.717) is 0 Å². The molecule has 0 N–H and O–H groups in total. The van der Waals surface area contributed by atoms with Crippen LogP contribution in [0.5, 0.6) is 0 Å². The molecule has 0 amide bonds. The van der Waals surface area contributed by atoms with Crippen molar-refractivity contribution in [3.05, 3.63) is 25.4 Å². The van der Waals surface area contributed by atoms with Crippen molar-refractivity contribution in [2.24, 2.45) is 0 Å². The van der Waals surface area contributed by atoms with Gasteiger partial charge in [0.2, 0.25) is 0 Å². The Morgan fingerprint density at radius 2 is 0.357 bits per heavy atom. The molecule has 4 rings (SSSR count). The van der Waals surface area contributed by atoms with Crippen LogP contribution in [0.1, 0.15) is 0 Å². The Bertz CT molecular complexity index is 727. The molecule has 6 bridgehead atoms. The molecular formula is C26H40S16. The summed E-state index contributed by atoms with van der Waals surface area (Å²) >= 11 is 34.1. The number of hydrogen-bond acceptors (Lipinski definition) is 16. The Morgan fingerprint density at radius 3 is 0.548 bits per heavy atom. The molecule has 42 heavy (non-hydrogen) atoms. The van der Waals surface area contributed by atoms with Gasteiger partial charge >= 0.3 is 0 Å². The van der Waals surface area contributed by atoms with Gasteiger partial charge in [-0.25, -0.2) is 0 Å². The van der Waals surface area contributed by atoms with Crippen LogP contribution >= 0.6 is 188 Å². The van der Waals surface area contributed by atoms with Crippen molar-refractivity contribution in [3.8, 4) is 0 Å². The lowest BCUT2D eigenvalue weighted by Crippen LogP contribution is -1.95. The highest BCUT2D eigenvalue weighted by molar-refractivity contribution is 8.45. The zero-order valence-corrected chi connectivity index (χ0v) is 36.7. The van der Waals surface area contributed by atoms with E-state index in [1.807, 2.05) is 0 Å². The van der Waals surface area contributed by atoms with E-state index in [2.05, 4.69) is 188 Å². The Hall–Kier alpha value is 4.82. The summed E-state index contributed by atoms with van der Waals surface area (Å²) in [5.74, 6) is 25.7. The van der Waals surface area contributed by atoms with Crippen molar-refractivity contribution in [2.75, 3.05) is 115 Å². The van der Waals surface area contributed by atoms with E-state index in [1.165, 1.54) is 115 Å². The molecule has 0 unspecified atom stereocenters. The van der Waals surface area contributed by atoms with Crippen LogP contribution in [0.2, 0.25) is 0 Å². The average Bonchev–Trinajstić information content (AvgIpc) is 3.59. The zero-order valence-electron chi connectivity index (χ0n) is 23.7. The lowest BCUT2D eigenvalue weighted by molar-refractivity contribution is 1.45. The van der Waals surface area contributed by atoms with Gasteiger partial charge in [0.05, 0.1) is 25.4 Å². The number of rotatable bonds is 0. The maximum Gasteiger partial charge on any atom is 0.0717 e. The molecule has 0 aromatic carbocycles. The van der Waals surface area contributed by atoms with Crippen LogP contribution in [-0.2, 0) is 0 Å². The molecule has 0 saturated heterocycles. The van der Waals surface area contributed by atoms with E-state index in [9.17, 15) is 0 Å². The highest BCUT2D eigenvalue weighted by atomic mass is 32.3. The fourth-order valence-electron chi connectivity index (χ4n) is 3.36. The normalized spacial score (nSPS) is 25.7. The predicted octanol–water partition coefficient (Wildman–Crippen LogP) is 12.2. The highest BCUT2D eigenvalue weighted by Crippen LogP contribution is 2.66. The molecule has 4 heterocycles. The Balaban J connectivity index is 1.41. The van der Waals surface area contributed by atoms with Gasteiger partial charge in [-0.15, -0.1) is 47.0 Å². The van der Waals surface area contributed by atoms with E-state index in [1.54, 1.807) is 25.4 Å². The molecule has 16 heteroatoms. The summed E-state index contributed by atoms with van der Waals surface area (Å²) < 4.78 is 9.45. The van der Waals surface area contributed by atoms with Gasteiger partial charge in [0.25, 0.3) is 0 Å². The van der Waals surface area contributed by atoms with E-state index < -0.39 is 0 Å². The summed E-state index contributed by atoms with van der Waals surface area (Å²) in [5, 5.41) is 0. The smallest absolute Gasteiger partial charge is 0.0717 e. The zero-order chi connectivity index (χ0) is 28.9. The first-order chi connectivity index (χ1) is 20.9. The van der Waals surface area contributed by atoms with Crippen LogP contribution in [0, 0.1) is 0 Å². The number of hydrogen-bond donors (Lipinski definition) is 0. The molecule has 0 saturated carbocycles. The molecule has 0 aromatic heterocycles. The van der Waals surface area contributed by atoms with Crippen LogP contribution in [-0.4, -0.2) is 115 Å². The molecule has 0 fully saturated rings. The molecule has 240 valence electrons. The molecule has 0 aromatic rings. The molecular weight excluding hydrogens is 825 g/mol. The molecule has 0 spiro atoms. The quantitative estimate of drug-likeness (QED) is 0.227. The molecule has 0 nitrogen and oxygen atoms in total. The topological polar surface area (TPSA) is 0 Å². The van der Waals surface area contributed by atoms with Crippen molar-refractivity contribution in [2.45, 2.75) is 0 Å². The summed E-state index contributed by atoms with van der Waals surface area (Å²) in [6.45, 7) is 0. The lowest BCUT2D eigenvalue weighted by Gasteiger charge is -2.07. The van der Waals surface area contributed by atoms with Gasteiger partial charge in [0.1, 0.15) is 0 Å². The predicted molar refractivity (Wildman–Crippen MR) is 240 cm³/mol. The van der Waals surface area contributed by atoms with Crippen molar-refractivity contribution in [1.29, 1.82) is 0 Å². The largest absolute Gasteiger partial charge is 0.160 e. The summed E-state index contributed by atoms with van der Waals surface area (Å²) in [4.78, 5) is 0. The first kappa shape index (κ1) is 39.6. The molecule has 0 radical (unpaired) electrons. The van der Waals surface area contributed by atoms with E-state index in [0.717, 1.165) is 0 Å². The van der Waals surface area contributed by atoms with Crippen molar-refractivity contribution in [1.82, 2.24) is 0 Å². The van der Waals surface area contributed by atoms with Crippen LogP contribution in [0.15, 0.2) is 25.4 Å². The monoisotopic (exact) mass is 864 g/mol. The summed E-state index contributed by atoms with van der Waals surface area (Å²) in [5.41, 5.74) is 0. The van der Waals surface area contributed by atoms with E-state index in [-0.39, 0.29) is 0 Å². The molecule has 4 aliphatic rings. The van der Waals surface area contributed by atoms with Gasteiger partial charge in [0.15, 0.2) is 0 Å². The standard InChI is InChI=1S/C26H40S16/c1-2-28-6-10-32-14-18-36-23-24-38-20-16-34-12-8-30-4-3-29-7-11-33-15-19-37-22-21(35-17-13-31-9-5-27-1)39-25(40-22)26(41-23)42-24/h1-20H2. The maximum absolute atomic E-state index is 2.16. The minimum Gasteiger partial charge on any atom is -0.160 e. The molecule has 0 aliphatic carbocycles. The minimum atomic E-state index is 1.24. The lowest BCUT2D eigenvalue weighted by atomic mass is 10.9. The second kappa shape index (κ2) is 26.6. The Morgan fingerprint density at radius 1 is 0.190 bits per heavy atom. The second-order valence-corrected chi connectivity index (χ2v) is 28.3. The second-order valence-electron chi connectivity index (χ2n) is 8.43. The van der Waals surface area contributed by atoms with E-state index in [4.69, 9.17) is 0 Å². The first-order valence-electron chi connectivity index (χ1n) is 14.0. The molecule has 0 atom stereocenters. The van der Waals surface area contributed by atoms with Gasteiger partial charge in [-0.3, -0.25) is 0 Å². The van der Waals surface area contributed by atoms with Gasteiger partial charge in [-0.2, -0.15) is 94.1 Å². The molecule has 4 aliphatic heterocycles. The van der Waals surface area contributed by atoms with Crippen LogP contribution in [0.25, 0.3) is 0 Å². The SMILES string of the molecule is C1CSCCSCCSC2=C3SCCSCCSCCSCCSCCSC4=C(SCCSCCS1)SC(=C(S2)S3)S4. The van der Waals surface area contributed by atoms with Crippen LogP contribution in [0.4, 0.5) is 0 Å². The highest BCUT2D eigenvalue weighted by Gasteiger charge is 2.30. The van der Waals surface area contributed by atoms with Crippen molar-refractivity contribution in [3.63, 3.8) is 0 Å². The average molecular weight is 866 g/mol. The summed E-state index contributed by atoms with van der Waals surface area (Å²) in [6, 6.07) is 0.